The van der Waals surface area contributed by atoms with Crippen LogP contribution >= 0.6 is 15.9 Å². The number of ether oxygens (including phenoxy) is 1. The standard InChI is InChI=1S/C15H14BrNO4/c1-10(18)11-3-2-4-14(7-11)21-9-12-5-6-13(17(19)20)8-15(12)16/h2-8,10,18H,9H2,1H3. The van der Waals surface area contributed by atoms with Gasteiger partial charge in [0.25, 0.3) is 5.69 Å². The highest BCUT2D eigenvalue weighted by molar-refractivity contribution is 9.10. The Morgan fingerprint density at radius 3 is 2.71 bits per heavy atom. The molecular weight excluding hydrogens is 338 g/mol. The molecule has 0 fully saturated rings. The van der Waals surface area contributed by atoms with E-state index in [1.54, 1.807) is 25.1 Å². The van der Waals surface area contributed by atoms with Crippen LogP contribution in [-0.2, 0) is 6.61 Å². The maximum Gasteiger partial charge on any atom is 0.270 e. The summed E-state index contributed by atoms with van der Waals surface area (Å²) in [5.41, 5.74) is 1.61. The van der Waals surface area contributed by atoms with Gasteiger partial charge in [-0.2, -0.15) is 0 Å². The fourth-order valence-electron chi connectivity index (χ4n) is 1.79. The summed E-state index contributed by atoms with van der Waals surface area (Å²) in [6, 6.07) is 11.7. The fourth-order valence-corrected chi connectivity index (χ4v) is 2.27. The van der Waals surface area contributed by atoms with Crippen molar-refractivity contribution in [3.63, 3.8) is 0 Å². The molecule has 2 rings (SSSR count). The van der Waals surface area contributed by atoms with Crippen molar-refractivity contribution < 1.29 is 14.8 Å². The molecule has 0 heterocycles. The molecule has 0 amide bonds. The molecule has 2 aromatic carbocycles. The van der Waals surface area contributed by atoms with Crippen LogP contribution in [0.5, 0.6) is 5.75 Å². The molecule has 0 saturated carbocycles. The van der Waals surface area contributed by atoms with Crippen LogP contribution in [0.2, 0.25) is 0 Å². The lowest BCUT2D eigenvalue weighted by atomic mass is 10.1. The third-order valence-corrected chi connectivity index (χ3v) is 3.72. The van der Waals surface area contributed by atoms with E-state index in [4.69, 9.17) is 4.74 Å². The monoisotopic (exact) mass is 351 g/mol. The van der Waals surface area contributed by atoms with Crippen molar-refractivity contribution in [1.82, 2.24) is 0 Å². The number of non-ortho nitro benzene ring substituents is 1. The topological polar surface area (TPSA) is 72.6 Å². The molecule has 21 heavy (non-hydrogen) atoms. The largest absolute Gasteiger partial charge is 0.489 e. The molecule has 0 aliphatic heterocycles. The maximum absolute atomic E-state index is 10.7. The molecule has 1 N–H and O–H groups in total. The van der Waals surface area contributed by atoms with Crippen LogP contribution in [0.4, 0.5) is 5.69 Å². The first-order valence-electron chi connectivity index (χ1n) is 6.31. The van der Waals surface area contributed by atoms with Crippen LogP contribution in [0.15, 0.2) is 46.9 Å². The third-order valence-electron chi connectivity index (χ3n) is 2.98. The lowest BCUT2D eigenvalue weighted by Gasteiger charge is -2.10. The molecule has 6 heteroatoms. The molecule has 0 radical (unpaired) electrons. The summed E-state index contributed by atoms with van der Waals surface area (Å²) in [6.07, 6.45) is -0.556. The third kappa shape index (κ3) is 4.03. The normalized spacial score (nSPS) is 12.0. The molecule has 0 bridgehead atoms. The van der Waals surface area contributed by atoms with Gasteiger partial charge in [0.15, 0.2) is 0 Å². The number of nitro benzene ring substituents is 1. The lowest BCUT2D eigenvalue weighted by Crippen LogP contribution is -1.99. The Kier molecular flexibility index (Phi) is 4.93. The van der Waals surface area contributed by atoms with Gasteiger partial charge in [0.1, 0.15) is 12.4 Å². The SMILES string of the molecule is CC(O)c1cccc(OCc2ccc([N+](=O)[O-])cc2Br)c1. The molecule has 0 aliphatic rings. The average molecular weight is 352 g/mol. The van der Waals surface area contributed by atoms with E-state index < -0.39 is 11.0 Å². The van der Waals surface area contributed by atoms with Crippen LogP contribution in [0, 0.1) is 10.1 Å². The molecule has 5 nitrogen and oxygen atoms in total. The van der Waals surface area contributed by atoms with E-state index >= 15 is 0 Å². The van der Waals surface area contributed by atoms with Gasteiger partial charge in [-0.05, 0) is 30.7 Å². The number of hydrogen-bond acceptors (Lipinski definition) is 4. The highest BCUT2D eigenvalue weighted by Crippen LogP contribution is 2.25. The predicted molar refractivity (Wildman–Crippen MR) is 82.2 cm³/mol. The van der Waals surface area contributed by atoms with Crippen molar-refractivity contribution >= 4 is 21.6 Å². The van der Waals surface area contributed by atoms with E-state index in [0.29, 0.717) is 10.2 Å². The Bertz CT molecular complexity index is 658. The Balaban J connectivity index is 2.09. The second-order valence-corrected chi connectivity index (χ2v) is 5.42. The van der Waals surface area contributed by atoms with E-state index in [9.17, 15) is 15.2 Å². The number of halogens is 1. The average Bonchev–Trinajstić information content (AvgIpc) is 2.46. The lowest BCUT2D eigenvalue weighted by molar-refractivity contribution is -0.384. The number of nitrogens with zero attached hydrogens (tertiary/aromatic N) is 1. The minimum absolute atomic E-state index is 0.0294. The van der Waals surface area contributed by atoms with Crippen molar-refractivity contribution in [2.45, 2.75) is 19.6 Å². The number of hydrogen-bond donors (Lipinski definition) is 1. The maximum atomic E-state index is 10.7. The van der Waals surface area contributed by atoms with E-state index in [2.05, 4.69) is 15.9 Å². The Hall–Kier alpha value is -1.92. The summed E-state index contributed by atoms with van der Waals surface area (Å²) in [4.78, 5) is 10.2. The number of rotatable bonds is 5. The summed E-state index contributed by atoms with van der Waals surface area (Å²) < 4.78 is 6.28. The van der Waals surface area contributed by atoms with E-state index in [1.165, 1.54) is 12.1 Å². The summed E-state index contributed by atoms with van der Waals surface area (Å²) in [5, 5.41) is 20.2. The zero-order valence-corrected chi connectivity index (χ0v) is 12.9. The number of benzene rings is 2. The van der Waals surface area contributed by atoms with Gasteiger partial charge in [0.2, 0.25) is 0 Å². The summed E-state index contributed by atoms with van der Waals surface area (Å²) in [7, 11) is 0. The number of aliphatic hydroxyl groups is 1. The summed E-state index contributed by atoms with van der Waals surface area (Å²) in [6.45, 7) is 1.97. The summed E-state index contributed by atoms with van der Waals surface area (Å²) in [5.74, 6) is 0.638. The van der Waals surface area contributed by atoms with Crippen molar-refractivity contribution in [3.8, 4) is 5.75 Å². The van der Waals surface area contributed by atoms with Gasteiger partial charge in [0, 0.05) is 22.2 Å². The van der Waals surface area contributed by atoms with E-state index in [-0.39, 0.29) is 12.3 Å². The summed E-state index contributed by atoms with van der Waals surface area (Å²) >= 11 is 3.30. The molecule has 2 aromatic rings. The van der Waals surface area contributed by atoms with Crippen molar-refractivity contribution in [2.75, 3.05) is 0 Å². The van der Waals surface area contributed by atoms with Gasteiger partial charge in [-0.15, -0.1) is 0 Å². The molecule has 0 saturated heterocycles. The van der Waals surface area contributed by atoms with Crippen LogP contribution < -0.4 is 4.74 Å². The number of nitro groups is 1. The van der Waals surface area contributed by atoms with Crippen LogP contribution in [0.25, 0.3) is 0 Å². The van der Waals surface area contributed by atoms with Crippen molar-refractivity contribution in [3.05, 3.63) is 68.2 Å². The minimum atomic E-state index is -0.556. The van der Waals surface area contributed by atoms with Crippen LogP contribution in [0.1, 0.15) is 24.2 Å². The molecule has 0 spiro atoms. The Morgan fingerprint density at radius 2 is 2.10 bits per heavy atom. The quantitative estimate of drug-likeness (QED) is 0.652. The Labute approximate surface area is 130 Å². The minimum Gasteiger partial charge on any atom is -0.489 e. The molecular formula is C15H14BrNO4. The molecule has 1 unspecified atom stereocenters. The van der Waals surface area contributed by atoms with E-state index in [1.807, 2.05) is 12.1 Å². The number of aliphatic hydroxyl groups excluding tert-OH is 1. The highest BCUT2D eigenvalue weighted by atomic mass is 79.9. The zero-order valence-electron chi connectivity index (χ0n) is 11.3. The fraction of sp³-hybridized carbons (Fsp3) is 0.200. The van der Waals surface area contributed by atoms with Gasteiger partial charge in [-0.3, -0.25) is 10.1 Å². The first-order valence-corrected chi connectivity index (χ1v) is 7.10. The zero-order chi connectivity index (χ0) is 15.4. The molecule has 110 valence electrons. The van der Waals surface area contributed by atoms with Crippen molar-refractivity contribution in [1.29, 1.82) is 0 Å². The van der Waals surface area contributed by atoms with Gasteiger partial charge in [-0.1, -0.05) is 28.1 Å². The Morgan fingerprint density at radius 1 is 1.33 bits per heavy atom. The molecule has 1 atom stereocenters. The highest BCUT2D eigenvalue weighted by Gasteiger charge is 2.10. The van der Waals surface area contributed by atoms with Gasteiger partial charge in [0.05, 0.1) is 11.0 Å². The molecule has 0 aliphatic carbocycles. The van der Waals surface area contributed by atoms with Gasteiger partial charge < -0.3 is 9.84 Å². The first-order chi connectivity index (χ1) is 9.97. The second-order valence-electron chi connectivity index (χ2n) is 4.57. The first kappa shape index (κ1) is 15.5. The second kappa shape index (κ2) is 6.69. The van der Waals surface area contributed by atoms with Gasteiger partial charge in [-0.25, -0.2) is 0 Å². The van der Waals surface area contributed by atoms with Crippen molar-refractivity contribution in [2.24, 2.45) is 0 Å². The van der Waals surface area contributed by atoms with Crippen LogP contribution in [-0.4, -0.2) is 10.0 Å². The molecule has 0 aromatic heterocycles. The van der Waals surface area contributed by atoms with Crippen LogP contribution in [0.3, 0.4) is 0 Å². The van der Waals surface area contributed by atoms with E-state index in [0.717, 1.165) is 11.1 Å². The smallest absolute Gasteiger partial charge is 0.270 e. The van der Waals surface area contributed by atoms with Gasteiger partial charge >= 0.3 is 0 Å². The predicted octanol–water partition coefficient (Wildman–Crippen LogP) is 3.99.